The molecule has 0 amide bonds. The average molecular weight is 194 g/mol. The van der Waals surface area contributed by atoms with Gasteiger partial charge in [0, 0.05) is 24.5 Å². The molecule has 74 valence electrons. The minimum Gasteiger partial charge on any atom is -0.398 e. The lowest BCUT2D eigenvalue weighted by atomic mass is 10.1. The topological polar surface area (TPSA) is 76.8 Å². The number of anilines is 1. The Morgan fingerprint density at radius 1 is 1.43 bits per heavy atom. The van der Waals surface area contributed by atoms with Crippen LogP contribution in [0.2, 0.25) is 0 Å². The summed E-state index contributed by atoms with van der Waals surface area (Å²) in [5.74, 6) is -0.502. The SMILES string of the molecule is CN=Cc1cc(N=CN)c(F)cc1N. The van der Waals surface area contributed by atoms with Gasteiger partial charge in [0.2, 0.25) is 0 Å². The summed E-state index contributed by atoms with van der Waals surface area (Å²) in [6.07, 6.45) is 2.56. The number of rotatable bonds is 2. The number of aliphatic imine (C=N–C) groups is 2. The van der Waals surface area contributed by atoms with E-state index < -0.39 is 5.82 Å². The maximum absolute atomic E-state index is 13.2. The maximum atomic E-state index is 13.2. The van der Waals surface area contributed by atoms with Crippen molar-refractivity contribution in [2.24, 2.45) is 15.7 Å². The third-order valence-corrected chi connectivity index (χ3v) is 1.63. The number of hydrogen-bond acceptors (Lipinski definition) is 3. The summed E-state index contributed by atoms with van der Waals surface area (Å²) in [6, 6.07) is 2.68. The molecule has 4 nitrogen and oxygen atoms in total. The molecule has 4 N–H and O–H groups in total. The quantitative estimate of drug-likeness (QED) is 0.419. The van der Waals surface area contributed by atoms with E-state index in [0.29, 0.717) is 11.3 Å². The van der Waals surface area contributed by atoms with Crippen LogP contribution >= 0.6 is 0 Å². The third-order valence-electron chi connectivity index (χ3n) is 1.63. The predicted octanol–water partition coefficient (Wildman–Crippen LogP) is 1.08. The molecule has 0 aromatic heterocycles. The first kappa shape index (κ1) is 10.2. The van der Waals surface area contributed by atoms with Crippen molar-refractivity contribution in [3.8, 4) is 0 Å². The summed E-state index contributed by atoms with van der Waals surface area (Å²) >= 11 is 0. The van der Waals surface area contributed by atoms with Gasteiger partial charge in [0.1, 0.15) is 5.69 Å². The number of halogens is 1. The molecule has 0 heterocycles. The van der Waals surface area contributed by atoms with Crippen LogP contribution in [-0.2, 0) is 0 Å². The van der Waals surface area contributed by atoms with Crippen molar-refractivity contribution < 1.29 is 4.39 Å². The third kappa shape index (κ3) is 2.07. The highest BCUT2D eigenvalue weighted by Crippen LogP contribution is 2.22. The van der Waals surface area contributed by atoms with Crippen LogP contribution in [0.3, 0.4) is 0 Å². The molecule has 5 heteroatoms. The van der Waals surface area contributed by atoms with Gasteiger partial charge in [-0.25, -0.2) is 9.38 Å². The second kappa shape index (κ2) is 4.36. The van der Waals surface area contributed by atoms with Gasteiger partial charge in [-0.3, -0.25) is 4.99 Å². The van der Waals surface area contributed by atoms with Crippen molar-refractivity contribution in [1.82, 2.24) is 0 Å². The van der Waals surface area contributed by atoms with E-state index in [1.54, 1.807) is 7.05 Å². The van der Waals surface area contributed by atoms with Gasteiger partial charge in [-0.2, -0.15) is 0 Å². The Labute approximate surface area is 81.2 Å². The molecule has 0 radical (unpaired) electrons. The van der Waals surface area contributed by atoms with E-state index in [0.717, 1.165) is 6.34 Å². The molecule has 0 aliphatic heterocycles. The second-order valence-electron chi connectivity index (χ2n) is 2.60. The Bertz CT molecular complexity index is 351. The molecule has 0 saturated carbocycles. The van der Waals surface area contributed by atoms with Gasteiger partial charge in [0.05, 0.1) is 6.34 Å². The monoisotopic (exact) mass is 194 g/mol. The van der Waals surface area contributed by atoms with Crippen LogP contribution in [-0.4, -0.2) is 19.6 Å². The fourth-order valence-corrected chi connectivity index (χ4v) is 1.02. The molecule has 0 aliphatic rings. The molecule has 1 aromatic carbocycles. The summed E-state index contributed by atoms with van der Waals surface area (Å²) in [7, 11) is 1.61. The largest absolute Gasteiger partial charge is 0.398 e. The number of nitrogens with zero attached hydrogens (tertiary/aromatic N) is 2. The first-order chi connectivity index (χ1) is 6.69. The lowest BCUT2D eigenvalue weighted by molar-refractivity contribution is 0.630. The van der Waals surface area contributed by atoms with Crippen molar-refractivity contribution in [2.45, 2.75) is 0 Å². The number of nitrogen functional groups attached to an aromatic ring is 1. The molecule has 0 aliphatic carbocycles. The van der Waals surface area contributed by atoms with E-state index in [9.17, 15) is 4.39 Å². The first-order valence-electron chi connectivity index (χ1n) is 3.94. The van der Waals surface area contributed by atoms with Gasteiger partial charge < -0.3 is 11.5 Å². The van der Waals surface area contributed by atoms with Crippen LogP contribution < -0.4 is 11.5 Å². The highest BCUT2D eigenvalue weighted by molar-refractivity contribution is 5.88. The summed E-state index contributed by atoms with van der Waals surface area (Å²) in [5.41, 5.74) is 11.7. The van der Waals surface area contributed by atoms with Crippen molar-refractivity contribution >= 4 is 23.9 Å². The van der Waals surface area contributed by atoms with Gasteiger partial charge in [-0.15, -0.1) is 0 Å². The number of benzene rings is 1. The van der Waals surface area contributed by atoms with Crippen LogP contribution in [0.1, 0.15) is 5.56 Å². The molecule has 0 spiro atoms. The zero-order valence-electron chi connectivity index (χ0n) is 7.74. The summed E-state index contributed by atoms with van der Waals surface area (Å²) < 4.78 is 13.2. The number of nitrogens with two attached hydrogens (primary N) is 2. The van der Waals surface area contributed by atoms with Crippen molar-refractivity contribution in [3.63, 3.8) is 0 Å². The Kier molecular flexibility index (Phi) is 3.17. The van der Waals surface area contributed by atoms with E-state index in [1.165, 1.54) is 18.3 Å². The Morgan fingerprint density at radius 3 is 2.71 bits per heavy atom. The molecular weight excluding hydrogens is 183 g/mol. The molecular formula is C9H11FN4. The van der Waals surface area contributed by atoms with Gasteiger partial charge in [-0.05, 0) is 12.1 Å². The van der Waals surface area contributed by atoms with Crippen LogP contribution in [0, 0.1) is 5.82 Å². The summed E-state index contributed by atoms with van der Waals surface area (Å²) in [5, 5.41) is 0. The lowest BCUT2D eigenvalue weighted by Gasteiger charge is -2.02. The highest BCUT2D eigenvalue weighted by atomic mass is 19.1. The molecule has 1 rings (SSSR count). The second-order valence-corrected chi connectivity index (χ2v) is 2.60. The van der Waals surface area contributed by atoms with Crippen LogP contribution in [0.25, 0.3) is 0 Å². The molecule has 0 bridgehead atoms. The normalized spacial score (nSPS) is 11.6. The molecule has 14 heavy (non-hydrogen) atoms. The van der Waals surface area contributed by atoms with Crippen LogP contribution in [0.15, 0.2) is 22.1 Å². The average Bonchev–Trinajstić information content (AvgIpc) is 2.14. The van der Waals surface area contributed by atoms with Gasteiger partial charge in [0.15, 0.2) is 5.82 Å². The number of hydrogen-bond donors (Lipinski definition) is 2. The maximum Gasteiger partial charge on any atom is 0.150 e. The van der Waals surface area contributed by atoms with E-state index in [1.807, 2.05) is 0 Å². The zero-order chi connectivity index (χ0) is 10.6. The van der Waals surface area contributed by atoms with E-state index in [2.05, 4.69) is 9.98 Å². The summed E-state index contributed by atoms with van der Waals surface area (Å²) in [4.78, 5) is 7.44. The lowest BCUT2D eigenvalue weighted by Crippen LogP contribution is -1.95. The predicted molar refractivity (Wildman–Crippen MR) is 56.7 cm³/mol. The fraction of sp³-hybridized carbons (Fsp3) is 0.111. The zero-order valence-corrected chi connectivity index (χ0v) is 7.74. The highest BCUT2D eigenvalue weighted by Gasteiger charge is 2.04. The van der Waals surface area contributed by atoms with Crippen molar-refractivity contribution in [3.05, 3.63) is 23.5 Å². The fourth-order valence-electron chi connectivity index (χ4n) is 1.02. The minimum atomic E-state index is -0.502. The van der Waals surface area contributed by atoms with Crippen LogP contribution in [0.4, 0.5) is 15.8 Å². The molecule has 0 atom stereocenters. The Hall–Kier alpha value is -1.91. The van der Waals surface area contributed by atoms with Gasteiger partial charge >= 0.3 is 0 Å². The first-order valence-corrected chi connectivity index (χ1v) is 3.94. The van der Waals surface area contributed by atoms with Crippen molar-refractivity contribution in [1.29, 1.82) is 0 Å². The van der Waals surface area contributed by atoms with E-state index in [-0.39, 0.29) is 5.69 Å². The van der Waals surface area contributed by atoms with Gasteiger partial charge in [-0.1, -0.05) is 0 Å². The Balaban J connectivity index is 3.26. The molecule has 0 unspecified atom stereocenters. The standard InChI is InChI=1S/C9H11FN4/c1-13-4-6-2-9(14-5-11)7(10)3-8(6)12/h2-5H,12H2,1H3,(H2,11,14). The Morgan fingerprint density at radius 2 is 2.14 bits per heavy atom. The van der Waals surface area contributed by atoms with E-state index in [4.69, 9.17) is 11.5 Å². The molecule has 0 fully saturated rings. The van der Waals surface area contributed by atoms with Gasteiger partial charge in [0.25, 0.3) is 0 Å². The molecule has 1 aromatic rings. The summed E-state index contributed by atoms with van der Waals surface area (Å²) in [6.45, 7) is 0. The van der Waals surface area contributed by atoms with Crippen LogP contribution in [0.5, 0.6) is 0 Å². The minimum absolute atomic E-state index is 0.150. The van der Waals surface area contributed by atoms with Crippen molar-refractivity contribution in [2.75, 3.05) is 12.8 Å². The smallest absolute Gasteiger partial charge is 0.150 e. The molecule has 0 saturated heterocycles. The van der Waals surface area contributed by atoms with E-state index >= 15 is 0 Å².